The summed E-state index contributed by atoms with van der Waals surface area (Å²) >= 11 is 0. The molecule has 1 heterocycles. The number of aromatic nitrogens is 3. The second kappa shape index (κ2) is 5.14. The Labute approximate surface area is 104 Å². The highest BCUT2D eigenvalue weighted by atomic mass is 19.1. The van der Waals surface area contributed by atoms with E-state index in [1.54, 1.807) is 18.5 Å². The number of rotatable bonds is 4. The van der Waals surface area contributed by atoms with Gasteiger partial charge in [-0.2, -0.15) is 5.10 Å². The van der Waals surface area contributed by atoms with E-state index in [0.717, 1.165) is 6.42 Å². The Balaban J connectivity index is 2.53. The van der Waals surface area contributed by atoms with Gasteiger partial charge in [0.25, 0.3) is 0 Å². The predicted octanol–water partition coefficient (Wildman–Crippen LogP) is 1.44. The van der Waals surface area contributed by atoms with E-state index >= 15 is 0 Å². The maximum atomic E-state index is 14.0. The van der Waals surface area contributed by atoms with E-state index < -0.39 is 5.82 Å². The number of nitrogens with two attached hydrogens (primary N) is 1. The zero-order chi connectivity index (χ0) is 13.1. The van der Waals surface area contributed by atoms with Gasteiger partial charge in [-0.3, -0.25) is 0 Å². The van der Waals surface area contributed by atoms with E-state index in [2.05, 4.69) is 10.1 Å². The van der Waals surface area contributed by atoms with E-state index in [0.29, 0.717) is 17.1 Å². The summed E-state index contributed by atoms with van der Waals surface area (Å²) in [6, 6.07) is 3.27. The molecule has 0 amide bonds. The Morgan fingerprint density at radius 2 is 2.22 bits per heavy atom. The maximum Gasteiger partial charge on any atom is 0.171 e. The van der Waals surface area contributed by atoms with E-state index in [9.17, 15) is 4.39 Å². The van der Waals surface area contributed by atoms with E-state index in [4.69, 9.17) is 10.5 Å². The second-order valence-electron chi connectivity index (χ2n) is 3.74. The lowest BCUT2D eigenvalue weighted by molar-refractivity contribution is 0.384. The van der Waals surface area contributed by atoms with Crippen LogP contribution in [0.2, 0.25) is 0 Å². The minimum Gasteiger partial charge on any atom is -0.494 e. The molecule has 18 heavy (non-hydrogen) atoms. The van der Waals surface area contributed by atoms with Crippen molar-refractivity contribution in [1.82, 2.24) is 14.8 Å². The van der Waals surface area contributed by atoms with Gasteiger partial charge in [0.1, 0.15) is 6.33 Å². The summed E-state index contributed by atoms with van der Waals surface area (Å²) in [5, 5.41) is 4.25. The third-order valence-electron chi connectivity index (χ3n) is 2.71. The maximum absolute atomic E-state index is 14.0. The summed E-state index contributed by atoms with van der Waals surface area (Å²) in [6.07, 6.45) is 2.28. The molecule has 0 saturated carbocycles. The predicted molar refractivity (Wildman–Crippen MR) is 65.1 cm³/mol. The van der Waals surface area contributed by atoms with Crippen LogP contribution in [0.3, 0.4) is 0 Å². The topological polar surface area (TPSA) is 66.0 Å². The first kappa shape index (κ1) is 12.5. The fourth-order valence-electron chi connectivity index (χ4n) is 1.73. The molecule has 2 N–H and O–H groups in total. The molecule has 96 valence electrons. The van der Waals surface area contributed by atoms with Crippen molar-refractivity contribution in [1.29, 1.82) is 0 Å². The van der Waals surface area contributed by atoms with Crippen LogP contribution < -0.4 is 10.5 Å². The lowest BCUT2D eigenvalue weighted by Crippen LogP contribution is -2.09. The molecule has 0 aliphatic heterocycles. The molecule has 0 radical (unpaired) electrons. The molecular formula is C12H15FN4O. The number of halogens is 1. The lowest BCUT2D eigenvalue weighted by Gasteiger charge is -2.11. The lowest BCUT2D eigenvalue weighted by atomic mass is 10.1. The number of ether oxygens (including phenoxy) is 1. The molecule has 0 aliphatic carbocycles. The fraction of sp³-hybridized carbons (Fsp3) is 0.333. The second-order valence-corrected chi connectivity index (χ2v) is 3.74. The first-order valence-corrected chi connectivity index (χ1v) is 5.67. The van der Waals surface area contributed by atoms with Gasteiger partial charge in [0.05, 0.1) is 12.8 Å². The van der Waals surface area contributed by atoms with Gasteiger partial charge >= 0.3 is 0 Å². The molecule has 2 aromatic rings. The van der Waals surface area contributed by atoms with Crippen LogP contribution in [-0.4, -0.2) is 21.9 Å². The van der Waals surface area contributed by atoms with Crippen LogP contribution in [0.5, 0.6) is 5.75 Å². The molecular weight excluding hydrogens is 235 g/mol. The van der Waals surface area contributed by atoms with E-state index in [-0.39, 0.29) is 12.3 Å². The normalized spacial score (nSPS) is 10.7. The monoisotopic (exact) mass is 250 g/mol. The molecule has 5 nitrogen and oxygen atoms in total. The summed E-state index contributed by atoms with van der Waals surface area (Å²) in [5.74, 6) is 0.426. The average molecular weight is 250 g/mol. The Morgan fingerprint density at radius 3 is 2.78 bits per heavy atom. The molecule has 0 bridgehead atoms. The Kier molecular flexibility index (Phi) is 3.57. The van der Waals surface area contributed by atoms with Gasteiger partial charge in [0.2, 0.25) is 0 Å². The summed E-state index contributed by atoms with van der Waals surface area (Å²) in [4.78, 5) is 4.12. The van der Waals surface area contributed by atoms with Crippen LogP contribution in [0.15, 0.2) is 18.5 Å². The van der Waals surface area contributed by atoms with Gasteiger partial charge in [0.15, 0.2) is 17.4 Å². The number of benzene rings is 1. The highest BCUT2D eigenvalue weighted by molar-refractivity contribution is 5.46. The Bertz CT molecular complexity index is 553. The average Bonchev–Trinajstić information content (AvgIpc) is 2.87. The molecule has 0 saturated heterocycles. The largest absolute Gasteiger partial charge is 0.494 e. The van der Waals surface area contributed by atoms with Crippen molar-refractivity contribution in [3.8, 4) is 11.4 Å². The van der Waals surface area contributed by atoms with E-state index in [1.807, 2.05) is 6.92 Å². The minimum atomic E-state index is -0.453. The SMILES string of the molecule is CCc1ncn(-c2ccc(OC)c(F)c2CN)n1. The van der Waals surface area contributed by atoms with Gasteiger partial charge < -0.3 is 10.5 Å². The van der Waals surface area contributed by atoms with E-state index in [1.165, 1.54) is 11.8 Å². The zero-order valence-corrected chi connectivity index (χ0v) is 10.4. The van der Waals surface area contributed by atoms with Crippen molar-refractivity contribution < 1.29 is 9.13 Å². The van der Waals surface area contributed by atoms with Crippen molar-refractivity contribution in [3.63, 3.8) is 0 Å². The number of hydrogen-bond acceptors (Lipinski definition) is 4. The quantitative estimate of drug-likeness (QED) is 0.891. The zero-order valence-electron chi connectivity index (χ0n) is 10.4. The van der Waals surface area contributed by atoms with Crippen LogP contribution in [0.1, 0.15) is 18.3 Å². The smallest absolute Gasteiger partial charge is 0.171 e. The first-order chi connectivity index (χ1) is 8.71. The molecule has 6 heteroatoms. The molecule has 0 spiro atoms. The van der Waals surface area contributed by atoms with Crippen LogP contribution in [0, 0.1) is 5.82 Å². The van der Waals surface area contributed by atoms with Crippen molar-refractivity contribution in [2.75, 3.05) is 7.11 Å². The molecule has 1 aromatic heterocycles. The van der Waals surface area contributed by atoms with Crippen molar-refractivity contribution in [2.24, 2.45) is 5.73 Å². The molecule has 0 fully saturated rings. The first-order valence-electron chi connectivity index (χ1n) is 5.67. The van der Waals surface area contributed by atoms with Gasteiger partial charge in [-0.25, -0.2) is 14.1 Å². The summed E-state index contributed by atoms with van der Waals surface area (Å²) in [5.41, 5.74) is 6.54. The molecule has 2 rings (SSSR count). The fourth-order valence-corrected chi connectivity index (χ4v) is 1.73. The standard InChI is InChI=1S/C12H15FN4O/c1-3-11-15-7-17(16-11)9-4-5-10(18-2)12(13)8(9)6-14/h4-5,7H,3,6,14H2,1-2H3. The molecule has 0 aliphatic rings. The third-order valence-corrected chi connectivity index (χ3v) is 2.71. The van der Waals surface area contributed by atoms with Crippen LogP contribution in [-0.2, 0) is 13.0 Å². The highest BCUT2D eigenvalue weighted by Crippen LogP contribution is 2.25. The molecule has 0 atom stereocenters. The van der Waals surface area contributed by atoms with Crippen molar-refractivity contribution >= 4 is 0 Å². The van der Waals surface area contributed by atoms with Crippen LogP contribution in [0.4, 0.5) is 4.39 Å². The summed E-state index contributed by atoms with van der Waals surface area (Å²) < 4.78 is 20.5. The summed E-state index contributed by atoms with van der Waals surface area (Å²) in [6.45, 7) is 2.03. The number of hydrogen-bond donors (Lipinski definition) is 1. The molecule has 0 unspecified atom stereocenters. The van der Waals surface area contributed by atoms with Gasteiger partial charge in [0, 0.05) is 18.5 Å². The highest BCUT2D eigenvalue weighted by Gasteiger charge is 2.15. The van der Waals surface area contributed by atoms with Crippen molar-refractivity contribution in [3.05, 3.63) is 35.7 Å². The van der Waals surface area contributed by atoms with Gasteiger partial charge in [-0.15, -0.1) is 0 Å². The van der Waals surface area contributed by atoms with Crippen LogP contribution >= 0.6 is 0 Å². The Morgan fingerprint density at radius 1 is 1.44 bits per heavy atom. The third kappa shape index (κ3) is 2.06. The van der Waals surface area contributed by atoms with Crippen LogP contribution in [0.25, 0.3) is 5.69 Å². The summed E-state index contributed by atoms with van der Waals surface area (Å²) in [7, 11) is 1.42. The number of aryl methyl sites for hydroxylation is 1. The van der Waals surface area contributed by atoms with Crippen molar-refractivity contribution in [2.45, 2.75) is 19.9 Å². The minimum absolute atomic E-state index is 0.0691. The Hall–Kier alpha value is -1.95. The number of methoxy groups -OCH3 is 1. The van der Waals surface area contributed by atoms with Gasteiger partial charge in [-0.05, 0) is 12.1 Å². The van der Waals surface area contributed by atoms with Gasteiger partial charge in [-0.1, -0.05) is 6.92 Å². The molecule has 1 aromatic carbocycles. The number of nitrogens with zero attached hydrogens (tertiary/aromatic N) is 3.